The van der Waals surface area contributed by atoms with Crippen LogP contribution >= 0.6 is 11.8 Å². The van der Waals surface area contributed by atoms with Gasteiger partial charge in [-0.2, -0.15) is 0 Å². The van der Waals surface area contributed by atoms with Crippen LogP contribution in [0.15, 0.2) is 114 Å². The summed E-state index contributed by atoms with van der Waals surface area (Å²) in [6.45, 7) is 2.01. The van der Waals surface area contributed by atoms with Gasteiger partial charge < -0.3 is 20.7 Å². The third kappa shape index (κ3) is 9.14. The molecule has 0 aromatic heterocycles. The molecule has 10 heteroatoms. The van der Waals surface area contributed by atoms with Crippen molar-refractivity contribution in [2.45, 2.75) is 11.8 Å². The van der Waals surface area contributed by atoms with E-state index in [1.54, 1.807) is 91.9 Å². The molecule has 0 aliphatic heterocycles. The van der Waals surface area contributed by atoms with E-state index in [-0.39, 0.29) is 29.5 Å². The number of rotatable bonds is 11. The molecule has 218 valence electrons. The second kappa shape index (κ2) is 15.1. The fourth-order valence-electron chi connectivity index (χ4n) is 3.77. The summed E-state index contributed by atoms with van der Waals surface area (Å²) in [6, 6.07) is 27.5. The van der Waals surface area contributed by atoms with Crippen molar-refractivity contribution < 1.29 is 28.3 Å². The molecule has 4 aromatic carbocycles. The van der Waals surface area contributed by atoms with Crippen molar-refractivity contribution in [2.24, 2.45) is 0 Å². The Bertz CT molecular complexity index is 1620. The van der Waals surface area contributed by atoms with Crippen LogP contribution in [0.2, 0.25) is 0 Å². The van der Waals surface area contributed by atoms with Crippen molar-refractivity contribution in [3.63, 3.8) is 0 Å². The smallest absolute Gasteiger partial charge is 0.338 e. The molecule has 0 saturated heterocycles. The first-order chi connectivity index (χ1) is 20.8. The first kappa shape index (κ1) is 30.7. The van der Waals surface area contributed by atoms with Gasteiger partial charge in [0.25, 0.3) is 11.8 Å². The molecular formula is C33H28FN3O5S. The van der Waals surface area contributed by atoms with Crippen molar-refractivity contribution in [3.8, 4) is 0 Å². The third-order valence-electron chi connectivity index (χ3n) is 5.90. The van der Waals surface area contributed by atoms with Gasteiger partial charge in [0, 0.05) is 27.4 Å². The number of amides is 3. The highest BCUT2D eigenvalue weighted by Gasteiger charge is 2.16. The number of anilines is 2. The van der Waals surface area contributed by atoms with Gasteiger partial charge in [-0.05, 0) is 79.7 Å². The quantitative estimate of drug-likeness (QED) is 0.109. The van der Waals surface area contributed by atoms with Gasteiger partial charge in [0.2, 0.25) is 5.91 Å². The number of carbonyl (C=O) groups is 4. The van der Waals surface area contributed by atoms with Crippen LogP contribution in [-0.2, 0) is 14.3 Å². The average Bonchev–Trinajstić information content (AvgIpc) is 3.02. The van der Waals surface area contributed by atoms with E-state index < -0.39 is 23.6 Å². The van der Waals surface area contributed by atoms with Gasteiger partial charge in [-0.3, -0.25) is 14.4 Å². The molecule has 0 fully saturated rings. The van der Waals surface area contributed by atoms with Crippen LogP contribution in [0.3, 0.4) is 0 Å². The highest BCUT2D eigenvalue weighted by molar-refractivity contribution is 8.00. The maximum atomic E-state index is 14.3. The Balaban J connectivity index is 1.36. The maximum Gasteiger partial charge on any atom is 0.338 e. The van der Waals surface area contributed by atoms with Crippen LogP contribution < -0.4 is 16.0 Å². The number of benzene rings is 4. The molecule has 0 atom stereocenters. The molecule has 0 aliphatic carbocycles. The van der Waals surface area contributed by atoms with Gasteiger partial charge in [0.05, 0.1) is 17.9 Å². The van der Waals surface area contributed by atoms with Crippen LogP contribution in [0, 0.1) is 5.82 Å². The fraction of sp³-hybridized carbons (Fsp3) is 0.0909. The summed E-state index contributed by atoms with van der Waals surface area (Å²) in [5.74, 6) is -2.22. The molecule has 8 nitrogen and oxygen atoms in total. The summed E-state index contributed by atoms with van der Waals surface area (Å²) < 4.78 is 19.3. The van der Waals surface area contributed by atoms with Crippen molar-refractivity contribution in [3.05, 3.63) is 131 Å². The minimum absolute atomic E-state index is 0.131. The van der Waals surface area contributed by atoms with Crippen LogP contribution in [0.5, 0.6) is 0 Å². The summed E-state index contributed by atoms with van der Waals surface area (Å²) in [4.78, 5) is 50.9. The monoisotopic (exact) mass is 597 g/mol. The summed E-state index contributed by atoms with van der Waals surface area (Å²) in [5, 5.41) is 8.07. The van der Waals surface area contributed by atoms with Gasteiger partial charge in [0.1, 0.15) is 11.5 Å². The number of halogens is 1. The van der Waals surface area contributed by atoms with Crippen molar-refractivity contribution in [1.82, 2.24) is 5.32 Å². The molecule has 43 heavy (non-hydrogen) atoms. The zero-order valence-corrected chi connectivity index (χ0v) is 24.0. The van der Waals surface area contributed by atoms with E-state index in [2.05, 4.69) is 16.0 Å². The SMILES string of the molecule is CCOC(=O)c1ccc(NC(=O)CSc2ccc(NC(=O)/C(=C/c3ccccc3F)NC(=O)c3ccccc3)cc2)cc1. The predicted octanol–water partition coefficient (Wildman–Crippen LogP) is 6.14. The lowest BCUT2D eigenvalue weighted by atomic mass is 10.1. The minimum Gasteiger partial charge on any atom is -0.462 e. The molecule has 0 heterocycles. The third-order valence-corrected chi connectivity index (χ3v) is 6.91. The number of ether oxygens (including phenoxy) is 1. The van der Waals surface area contributed by atoms with E-state index in [1.165, 1.54) is 36.0 Å². The number of nitrogens with one attached hydrogen (secondary N) is 3. The standard InChI is InChI=1S/C33H28FN3O5S/c1-2-42-33(41)23-12-14-25(15-13-23)35-30(38)21-43-27-18-16-26(17-19-27)36-32(40)29(20-24-10-6-7-11-28(24)34)37-31(39)22-8-4-3-5-9-22/h3-20H,2,21H2,1H3,(H,35,38)(H,36,40)(H,37,39)/b29-20-. The molecule has 0 bridgehead atoms. The van der Waals surface area contributed by atoms with Gasteiger partial charge >= 0.3 is 5.97 Å². The fourth-order valence-corrected chi connectivity index (χ4v) is 4.47. The molecular weight excluding hydrogens is 569 g/mol. The first-order valence-electron chi connectivity index (χ1n) is 13.3. The van der Waals surface area contributed by atoms with E-state index in [1.807, 2.05) is 0 Å². The van der Waals surface area contributed by atoms with Gasteiger partial charge in [-0.25, -0.2) is 9.18 Å². The summed E-state index contributed by atoms with van der Waals surface area (Å²) >= 11 is 1.30. The minimum atomic E-state index is -0.638. The lowest BCUT2D eigenvalue weighted by Gasteiger charge is -2.12. The van der Waals surface area contributed by atoms with Crippen LogP contribution in [0.1, 0.15) is 33.2 Å². The molecule has 0 radical (unpaired) electrons. The Hall–Kier alpha value is -5.22. The number of hydrogen-bond acceptors (Lipinski definition) is 6. The number of thioether (sulfide) groups is 1. The second-order valence-corrected chi connectivity index (χ2v) is 10.1. The van der Waals surface area contributed by atoms with E-state index in [9.17, 15) is 23.6 Å². The lowest BCUT2D eigenvalue weighted by molar-refractivity contribution is -0.114. The summed E-state index contributed by atoms with van der Waals surface area (Å²) in [5.41, 5.74) is 1.73. The number of hydrogen-bond donors (Lipinski definition) is 3. The molecule has 0 unspecified atom stereocenters. The largest absolute Gasteiger partial charge is 0.462 e. The Morgan fingerprint density at radius 2 is 1.40 bits per heavy atom. The Kier molecular flexibility index (Phi) is 10.8. The van der Waals surface area contributed by atoms with Gasteiger partial charge in [0.15, 0.2) is 0 Å². The molecule has 4 rings (SSSR count). The van der Waals surface area contributed by atoms with E-state index in [0.29, 0.717) is 22.5 Å². The Morgan fingerprint density at radius 1 is 0.767 bits per heavy atom. The molecule has 0 aliphatic rings. The maximum absolute atomic E-state index is 14.3. The molecule has 3 amide bonds. The molecule has 0 saturated carbocycles. The Morgan fingerprint density at radius 3 is 2.07 bits per heavy atom. The van der Waals surface area contributed by atoms with Crippen LogP contribution in [-0.4, -0.2) is 36.1 Å². The van der Waals surface area contributed by atoms with E-state index in [0.717, 1.165) is 4.90 Å². The molecule has 0 spiro atoms. The first-order valence-corrected chi connectivity index (χ1v) is 14.2. The van der Waals surface area contributed by atoms with Crippen LogP contribution in [0.4, 0.5) is 15.8 Å². The Labute approximate surface area is 252 Å². The normalized spacial score (nSPS) is 10.9. The second-order valence-electron chi connectivity index (χ2n) is 9.01. The van der Waals surface area contributed by atoms with E-state index >= 15 is 0 Å². The van der Waals surface area contributed by atoms with Gasteiger partial charge in [-0.15, -0.1) is 11.8 Å². The molecule has 4 aromatic rings. The highest BCUT2D eigenvalue weighted by Crippen LogP contribution is 2.22. The topological polar surface area (TPSA) is 114 Å². The predicted molar refractivity (Wildman–Crippen MR) is 165 cm³/mol. The highest BCUT2D eigenvalue weighted by atomic mass is 32.2. The summed E-state index contributed by atoms with van der Waals surface area (Å²) in [7, 11) is 0. The number of esters is 1. The van der Waals surface area contributed by atoms with Gasteiger partial charge in [-0.1, -0.05) is 36.4 Å². The van der Waals surface area contributed by atoms with Crippen molar-refractivity contribution in [2.75, 3.05) is 23.0 Å². The van der Waals surface area contributed by atoms with Crippen molar-refractivity contribution >= 4 is 52.9 Å². The summed E-state index contributed by atoms with van der Waals surface area (Å²) in [6.07, 6.45) is 1.28. The zero-order chi connectivity index (χ0) is 30.6. The van der Waals surface area contributed by atoms with Crippen LogP contribution in [0.25, 0.3) is 6.08 Å². The zero-order valence-electron chi connectivity index (χ0n) is 23.1. The number of carbonyl (C=O) groups excluding carboxylic acids is 4. The van der Waals surface area contributed by atoms with E-state index in [4.69, 9.17) is 4.74 Å². The lowest BCUT2D eigenvalue weighted by Crippen LogP contribution is -2.30. The average molecular weight is 598 g/mol. The van der Waals surface area contributed by atoms with Crippen molar-refractivity contribution in [1.29, 1.82) is 0 Å². The molecule has 3 N–H and O–H groups in total.